The van der Waals surface area contributed by atoms with Crippen molar-refractivity contribution >= 4 is 17.5 Å². The molecule has 1 aromatic carbocycles. The third-order valence-electron chi connectivity index (χ3n) is 3.67. The van der Waals surface area contributed by atoms with Gasteiger partial charge in [0, 0.05) is 10.7 Å². The van der Waals surface area contributed by atoms with Gasteiger partial charge in [-0.25, -0.2) is 4.68 Å². The lowest BCUT2D eigenvalue weighted by Crippen LogP contribution is -2.21. The highest BCUT2D eigenvalue weighted by molar-refractivity contribution is 6.31. The van der Waals surface area contributed by atoms with Crippen LogP contribution in [0.15, 0.2) is 18.2 Å². The van der Waals surface area contributed by atoms with Crippen molar-refractivity contribution in [1.29, 1.82) is 0 Å². The zero-order valence-electron chi connectivity index (χ0n) is 13.4. The van der Waals surface area contributed by atoms with Crippen molar-refractivity contribution in [2.75, 3.05) is 6.61 Å². The monoisotopic (exact) mass is 320 g/mol. The minimum atomic E-state index is -0.171. The molecule has 2 rings (SSSR count). The molecule has 0 aliphatic heterocycles. The third kappa shape index (κ3) is 3.50. The Morgan fingerprint density at radius 2 is 2.05 bits per heavy atom. The summed E-state index contributed by atoms with van der Waals surface area (Å²) in [7, 11) is 0. The highest BCUT2D eigenvalue weighted by Crippen LogP contribution is 2.21. The van der Waals surface area contributed by atoms with Crippen molar-refractivity contribution in [2.45, 2.75) is 40.5 Å². The summed E-state index contributed by atoms with van der Waals surface area (Å²) in [6, 6.07) is 5.34. The molecule has 2 aromatic rings. The van der Waals surface area contributed by atoms with Gasteiger partial charge in [-0.15, -0.1) is 0 Å². The zero-order valence-corrected chi connectivity index (χ0v) is 14.2. The molecule has 0 radical (unpaired) electrons. The molecule has 0 saturated heterocycles. The van der Waals surface area contributed by atoms with Gasteiger partial charge in [0.15, 0.2) is 6.61 Å². The molecule has 0 fully saturated rings. The maximum Gasteiger partial charge on any atom is 0.284 e. The second-order valence-corrected chi connectivity index (χ2v) is 5.81. The first-order chi connectivity index (χ1) is 10.4. The average Bonchev–Trinajstić information content (AvgIpc) is 2.77. The molecule has 0 N–H and O–H groups in total. The van der Waals surface area contributed by atoms with Crippen molar-refractivity contribution in [3.8, 4) is 5.75 Å². The number of halogens is 1. The lowest BCUT2D eigenvalue weighted by Gasteiger charge is -2.08. The van der Waals surface area contributed by atoms with Gasteiger partial charge in [-0.1, -0.05) is 24.9 Å². The van der Waals surface area contributed by atoms with E-state index in [9.17, 15) is 4.79 Å². The normalized spacial score (nSPS) is 10.8. The van der Waals surface area contributed by atoms with Crippen molar-refractivity contribution in [2.24, 2.45) is 0 Å². The fourth-order valence-electron chi connectivity index (χ4n) is 2.44. The second-order valence-electron chi connectivity index (χ2n) is 5.40. The molecule has 118 valence electrons. The van der Waals surface area contributed by atoms with Crippen LogP contribution in [0, 0.1) is 20.8 Å². The van der Waals surface area contributed by atoms with E-state index in [0.717, 1.165) is 35.4 Å². The molecule has 0 spiro atoms. The summed E-state index contributed by atoms with van der Waals surface area (Å²) in [5.41, 5.74) is 3.89. The standard InChI is InChI=1S/C17H21ClN2O2/c1-5-6-15-12(3)19-20(13(15)4)17(21)10-22-14-7-8-16(18)11(2)9-14/h7-9H,5-6,10H2,1-4H3. The molecule has 0 saturated carbocycles. The quantitative estimate of drug-likeness (QED) is 0.832. The molecule has 0 amide bonds. The van der Waals surface area contributed by atoms with Gasteiger partial charge < -0.3 is 4.74 Å². The van der Waals surface area contributed by atoms with Crippen LogP contribution in [0.1, 0.15) is 40.7 Å². The molecule has 0 aliphatic carbocycles. The van der Waals surface area contributed by atoms with Crippen LogP contribution in [-0.4, -0.2) is 22.3 Å². The van der Waals surface area contributed by atoms with Crippen LogP contribution in [0.25, 0.3) is 0 Å². The number of aryl methyl sites for hydroxylation is 2. The van der Waals surface area contributed by atoms with E-state index in [1.54, 1.807) is 12.1 Å². The Morgan fingerprint density at radius 1 is 1.32 bits per heavy atom. The predicted octanol–water partition coefficient (Wildman–Crippen LogP) is 4.13. The first kappa shape index (κ1) is 16.6. The third-order valence-corrected chi connectivity index (χ3v) is 4.09. The molecular formula is C17H21ClN2O2. The van der Waals surface area contributed by atoms with Crippen LogP contribution in [0.2, 0.25) is 5.02 Å². The molecular weight excluding hydrogens is 300 g/mol. The van der Waals surface area contributed by atoms with Gasteiger partial charge >= 0.3 is 0 Å². The Hall–Kier alpha value is -1.81. The number of rotatable bonds is 5. The van der Waals surface area contributed by atoms with Crippen molar-refractivity contribution in [3.05, 3.63) is 45.7 Å². The summed E-state index contributed by atoms with van der Waals surface area (Å²) in [4.78, 5) is 12.3. The fourth-order valence-corrected chi connectivity index (χ4v) is 2.56. The Bertz CT molecular complexity index is 692. The van der Waals surface area contributed by atoms with E-state index in [-0.39, 0.29) is 12.5 Å². The lowest BCUT2D eigenvalue weighted by molar-refractivity contribution is 0.0818. The smallest absolute Gasteiger partial charge is 0.284 e. The van der Waals surface area contributed by atoms with Crippen LogP contribution in [0.3, 0.4) is 0 Å². The van der Waals surface area contributed by atoms with E-state index >= 15 is 0 Å². The zero-order chi connectivity index (χ0) is 16.3. The van der Waals surface area contributed by atoms with E-state index in [2.05, 4.69) is 12.0 Å². The molecule has 0 bridgehead atoms. The van der Waals surface area contributed by atoms with E-state index in [1.807, 2.05) is 26.8 Å². The van der Waals surface area contributed by atoms with E-state index in [1.165, 1.54) is 4.68 Å². The van der Waals surface area contributed by atoms with E-state index in [0.29, 0.717) is 10.8 Å². The summed E-state index contributed by atoms with van der Waals surface area (Å²) in [5, 5.41) is 5.02. The minimum Gasteiger partial charge on any atom is -0.484 e. The van der Waals surface area contributed by atoms with Crippen LogP contribution in [-0.2, 0) is 6.42 Å². The van der Waals surface area contributed by atoms with Crippen molar-refractivity contribution < 1.29 is 9.53 Å². The summed E-state index contributed by atoms with van der Waals surface area (Å²) in [5.74, 6) is 0.459. The molecule has 22 heavy (non-hydrogen) atoms. The van der Waals surface area contributed by atoms with Crippen molar-refractivity contribution in [3.63, 3.8) is 0 Å². The number of carbonyl (C=O) groups is 1. The number of nitrogens with zero attached hydrogens (tertiary/aromatic N) is 2. The van der Waals surface area contributed by atoms with Gasteiger partial charge in [0.05, 0.1) is 5.69 Å². The minimum absolute atomic E-state index is 0.0470. The number of aromatic nitrogens is 2. The Morgan fingerprint density at radius 3 is 2.68 bits per heavy atom. The molecule has 1 heterocycles. The maximum absolute atomic E-state index is 12.3. The summed E-state index contributed by atoms with van der Waals surface area (Å²) >= 11 is 5.97. The maximum atomic E-state index is 12.3. The Kier molecular flexibility index (Phi) is 5.24. The van der Waals surface area contributed by atoms with Crippen molar-refractivity contribution in [1.82, 2.24) is 9.78 Å². The summed E-state index contributed by atoms with van der Waals surface area (Å²) in [6.45, 7) is 7.83. The van der Waals surface area contributed by atoms with Gasteiger partial charge in [-0.3, -0.25) is 4.79 Å². The Balaban J connectivity index is 2.09. The highest BCUT2D eigenvalue weighted by Gasteiger charge is 2.16. The summed E-state index contributed by atoms with van der Waals surface area (Å²) in [6.07, 6.45) is 1.96. The van der Waals surface area contributed by atoms with Crippen LogP contribution in [0.5, 0.6) is 5.75 Å². The van der Waals surface area contributed by atoms with Crippen LogP contribution < -0.4 is 4.74 Å². The molecule has 1 aromatic heterocycles. The van der Waals surface area contributed by atoms with E-state index in [4.69, 9.17) is 16.3 Å². The largest absolute Gasteiger partial charge is 0.484 e. The van der Waals surface area contributed by atoms with Gasteiger partial charge in [0.25, 0.3) is 5.91 Å². The van der Waals surface area contributed by atoms with Crippen LogP contribution in [0.4, 0.5) is 0 Å². The lowest BCUT2D eigenvalue weighted by atomic mass is 10.1. The molecule has 0 aliphatic rings. The first-order valence-corrected chi connectivity index (χ1v) is 7.79. The molecule has 5 heteroatoms. The highest BCUT2D eigenvalue weighted by atomic mass is 35.5. The fraction of sp³-hybridized carbons (Fsp3) is 0.412. The average molecular weight is 321 g/mol. The second kappa shape index (κ2) is 6.97. The van der Waals surface area contributed by atoms with Gasteiger partial charge in [0.2, 0.25) is 0 Å². The molecule has 0 unspecified atom stereocenters. The molecule has 0 atom stereocenters. The predicted molar refractivity (Wildman–Crippen MR) is 88.0 cm³/mol. The number of carbonyl (C=O) groups excluding carboxylic acids is 1. The van der Waals surface area contributed by atoms with Gasteiger partial charge in [-0.05, 0) is 56.5 Å². The molecule has 4 nitrogen and oxygen atoms in total. The first-order valence-electron chi connectivity index (χ1n) is 7.41. The van der Waals surface area contributed by atoms with Crippen LogP contribution >= 0.6 is 11.6 Å². The van der Waals surface area contributed by atoms with E-state index < -0.39 is 0 Å². The van der Waals surface area contributed by atoms with Gasteiger partial charge in [-0.2, -0.15) is 5.10 Å². The Labute approximate surface area is 136 Å². The topological polar surface area (TPSA) is 44.1 Å². The summed E-state index contributed by atoms with van der Waals surface area (Å²) < 4.78 is 7.00. The number of hydrogen-bond donors (Lipinski definition) is 0. The van der Waals surface area contributed by atoms with Gasteiger partial charge in [0.1, 0.15) is 5.75 Å². The number of hydrogen-bond acceptors (Lipinski definition) is 3. The SMILES string of the molecule is CCCc1c(C)nn(C(=O)COc2ccc(Cl)c(C)c2)c1C. The number of ether oxygens (including phenoxy) is 1. The number of benzene rings is 1.